The fourth-order valence-electron chi connectivity index (χ4n) is 1.91. The minimum absolute atomic E-state index is 0.0568. The van der Waals surface area contributed by atoms with Crippen LogP contribution in [-0.4, -0.2) is 55.2 Å². The number of nitrogens with one attached hydrogen (secondary N) is 1. The molecule has 0 aromatic heterocycles. The zero-order chi connectivity index (χ0) is 14.5. The summed E-state index contributed by atoms with van der Waals surface area (Å²) in [5.74, 6) is -0.444. The van der Waals surface area contributed by atoms with Gasteiger partial charge in [0.2, 0.25) is 11.8 Å². The van der Waals surface area contributed by atoms with Crippen LogP contribution in [0, 0.1) is 0 Å². The van der Waals surface area contributed by atoms with Gasteiger partial charge in [-0.15, -0.1) is 0 Å². The van der Waals surface area contributed by atoms with Gasteiger partial charge >= 0.3 is 6.18 Å². The van der Waals surface area contributed by atoms with Crippen molar-refractivity contribution in [3.05, 3.63) is 0 Å². The van der Waals surface area contributed by atoms with Gasteiger partial charge in [-0.3, -0.25) is 9.59 Å². The third-order valence-corrected chi connectivity index (χ3v) is 2.75. The Morgan fingerprint density at radius 2 is 2.11 bits per heavy atom. The van der Waals surface area contributed by atoms with Crippen molar-refractivity contribution in [1.29, 1.82) is 0 Å². The van der Waals surface area contributed by atoms with Crippen LogP contribution in [0.15, 0.2) is 0 Å². The van der Waals surface area contributed by atoms with Gasteiger partial charge in [0.1, 0.15) is 12.6 Å². The van der Waals surface area contributed by atoms with Gasteiger partial charge in [0.15, 0.2) is 0 Å². The molecule has 0 spiro atoms. The van der Waals surface area contributed by atoms with E-state index in [0.717, 1.165) is 0 Å². The molecule has 8 heteroatoms. The summed E-state index contributed by atoms with van der Waals surface area (Å²) in [4.78, 5) is 24.5. The Kier molecular flexibility index (Phi) is 5.59. The van der Waals surface area contributed by atoms with Gasteiger partial charge in [-0.05, 0) is 12.8 Å². The Morgan fingerprint density at radius 3 is 2.68 bits per heavy atom. The fourth-order valence-corrected chi connectivity index (χ4v) is 1.91. The molecule has 2 amide bonds. The van der Waals surface area contributed by atoms with E-state index >= 15 is 0 Å². The number of carbonyl (C=O) groups excluding carboxylic acids is 2. The zero-order valence-corrected chi connectivity index (χ0v) is 10.6. The zero-order valence-electron chi connectivity index (χ0n) is 10.6. The maximum atomic E-state index is 11.8. The van der Waals surface area contributed by atoms with Gasteiger partial charge in [-0.1, -0.05) is 6.92 Å². The molecule has 0 saturated carbocycles. The van der Waals surface area contributed by atoms with E-state index in [1.165, 1.54) is 4.90 Å². The molecule has 5 nitrogen and oxygen atoms in total. The molecule has 1 aliphatic rings. The van der Waals surface area contributed by atoms with Gasteiger partial charge < -0.3 is 15.0 Å². The average Bonchev–Trinajstić information content (AvgIpc) is 2.31. The summed E-state index contributed by atoms with van der Waals surface area (Å²) in [5, 5.41) is 2.47. The second-order valence-electron chi connectivity index (χ2n) is 4.25. The summed E-state index contributed by atoms with van der Waals surface area (Å²) in [6.45, 7) is 0.553. The summed E-state index contributed by atoms with van der Waals surface area (Å²) in [7, 11) is 0. The van der Waals surface area contributed by atoms with E-state index in [1.54, 1.807) is 6.92 Å². The fraction of sp³-hybridized carbons (Fsp3) is 0.818. The van der Waals surface area contributed by atoms with Crippen molar-refractivity contribution in [2.75, 3.05) is 26.3 Å². The first-order valence-corrected chi connectivity index (χ1v) is 6.07. The third-order valence-electron chi connectivity index (χ3n) is 2.75. The molecule has 0 aromatic rings. The van der Waals surface area contributed by atoms with Crippen molar-refractivity contribution < 1.29 is 27.5 Å². The normalized spacial score (nSPS) is 20.6. The second-order valence-corrected chi connectivity index (χ2v) is 4.25. The molecule has 0 aliphatic carbocycles. The summed E-state index contributed by atoms with van der Waals surface area (Å²) < 4.78 is 39.9. The molecule has 1 fully saturated rings. The van der Waals surface area contributed by atoms with Crippen LogP contribution in [0.3, 0.4) is 0 Å². The first-order chi connectivity index (χ1) is 8.85. The number of rotatable bonds is 6. The number of hydrogen-bond acceptors (Lipinski definition) is 3. The van der Waals surface area contributed by atoms with E-state index in [1.807, 2.05) is 0 Å². The van der Waals surface area contributed by atoms with Crippen LogP contribution in [0.25, 0.3) is 0 Å². The van der Waals surface area contributed by atoms with Crippen molar-refractivity contribution >= 4 is 11.8 Å². The van der Waals surface area contributed by atoms with E-state index < -0.39 is 18.8 Å². The van der Waals surface area contributed by atoms with E-state index in [9.17, 15) is 22.8 Å². The molecule has 0 bridgehead atoms. The number of amides is 2. The number of piperazine rings is 1. The Labute approximate surface area is 109 Å². The predicted molar refractivity (Wildman–Crippen MR) is 60.3 cm³/mol. The van der Waals surface area contributed by atoms with Crippen LogP contribution in [0.5, 0.6) is 0 Å². The Balaban J connectivity index is 2.33. The van der Waals surface area contributed by atoms with Gasteiger partial charge in [0.25, 0.3) is 0 Å². The minimum atomic E-state index is -4.34. The van der Waals surface area contributed by atoms with Crippen molar-refractivity contribution in [3.63, 3.8) is 0 Å². The molecule has 1 N–H and O–H groups in total. The maximum Gasteiger partial charge on any atom is 0.411 e. The maximum absolute atomic E-state index is 11.8. The Hall–Kier alpha value is -1.31. The van der Waals surface area contributed by atoms with Crippen LogP contribution in [0.4, 0.5) is 13.2 Å². The monoisotopic (exact) mass is 282 g/mol. The lowest BCUT2D eigenvalue weighted by atomic mass is 10.1. The SMILES string of the molecule is CCC1C(=O)NCC(=O)N1CCCOCC(F)(F)F. The molecule has 0 radical (unpaired) electrons. The molecule has 19 heavy (non-hydrogen) atoms. The van der Waals surface area contributed by atoms with E-state index in [4.69, 9.17) is 0 Å². The van der Waals surface area contributed by atoms with Crippen LogP contribution in [0.2, 0.25) is 0 Å². The van der Waals surface area contributed by atoms with Crippen molar-refractivity contribution in [2.45, 2.75) is 32.0 Å². The number of hydrogen-bond donors (Lipinski definition) is 1. The number of ether oxygens (including phenoxy) is 1. The van der Waals surface area contributed by atoms with E-state index in [-0.39, 0.29) is 37.9 Å². The minimum Gasteiger partial charge on any atom is -0.372 e. The number of alkyl halides is 3. The quantitative estimate of drug-likeness (QED) is 0.729. The van der Waals surface area contributed by atoms with Gasteiger partial charge in [0, 0.05) is 13.2 Å². The lowest BCUT2D eigenvalue weighted by Gasteiger charge is -2.34. The number of nitrogens with zero attached hydrogens (tertiary/aromatic N) is 1. The molecule has 1 atom stereocenters. The summed E-state index contributed by atoms with van der Waals surface area (Å²) in [6.07, 6.45) is -3.60. The largest absolute Gasteiger partial charge is 0.411 e. The van der Waals surface area contributed by atoms with Crippen molar-refractivity contribution in [1.82, 2.24) is 10.2 Å². The second kappa shape index (κ2) is 6.74. The van der Waals surface area contributed by atoms with Crippen LogP contribution in [-0.2, 0) is 14.3 Å². The molecule has 1 saturated heterocycles. The Morgan fingerprint density at radius 1 is 1.42 bits per heavy atom. The third kappa shape index (κ3) is 5.06. The van der Waals surface area contributed by atoms with Crippen LogP contribution < -0.4 is 5.32 Å². The lowest BCUT2D eigenvalue weighted by Crippen LogP contribution is -2.58. The van der Waals surface area contributed by atoms with Crippen molar-refractivity contribution in [2.24, 2.45) is 0 Å². The highest BCUT2D eigenvalue weighted by Gasteiger charge is 2.32. The number of carbonyl (C=O) groups is 2. The van der Waals surface area contributed by atoms with Gasteiger partial charge in [0.05, 0.1) is 6.54 Å². The highest BCUT2D eigenvalue weighted by Crippen LogP contribution is 2.15. The van der Waals surface area contributed by atoms with Crippen LogP contribution >= 0.6 is 0 Å². The molecule has 110 valence electrons. The average molecular weight is 282 g/mol. The standard InChI is InChI=1S/C11H17F3N2O3/c1-2-8-10(18)15-6-9(17)16(8)4-3-5-19-7-11(12,13)14/h8H,2-7H2,1H3,(H,15,18). The highest BCUT2D eigenvalue weighted by atomic mass is 19.4. The van der Waals surface area contributed by atoms with Gasteiger partial charge in [-0.25, -0.2) is 0 Å². The molecule has 1 rings (SSSR count). The first-order valence-electron chi connectivity index (χ1n) is 6.07. The smallest absolute Gasteiger partial charge is 0.372 e. The van der Waals surface area contributed by atoms with E-state index in [2.05, 4.69) is 10.1 Å². The molecular formula is C11H17F3N2O3. The molecule has 1 heterocycles. The van der Waals surface area contributed by atoms with Gasteiger partial charge in [-0.2, -0.15) is 13.2 Å². The molecule has 0 aromatic carbocycles. The Bertz CT molecular complexity index is 334. The molecule has 1 unspecified atom stereocenters. The number of halogens is 3. The predicted octanol–water partition coefficient (Wildman–Crippen LogP) is 0.692. The highest BCUT2D eigenvalue weighted by molar-refractivity contribution is 5.94. The summed E-state index contributed by atoms with van der Waals surface area (Å²) in [6, 6.07) is -0.538. The first kappa shape index (κ1) is 15.7. The molecular weight excluding hydrogens is 265 g/mol. The summed E-state index contributed by atoms with van der Waals surface area (Å²) >= 11 is 0. The molecule has 1 aliphatic heterocycles. The van der Waals surface area contributed by atoms with E-state index in [0.29, 0.717) is 6.42 Å². The summed E-state index contributed by atoms with van der Waals surface area (Å²) in [5.41, 5.74) is 0. The van der Waals surface area contributed by atoms with Crippen LogP contribution in [0.1, 0.15) is 19.8 Å². The topological polar surface area (TPSA) is 58.6 Å². The van der Waals surface area contributed by atoms with Crippen molar-refractivity contribution in [3.8, 4) is 0 Å². The lowest BCUT2D eigenvalue weighted by molar-refractivity contribution is -0.174.